The van der Waals surface area contributed by atoms with Crippen molar-refractivity contribution < 1.29 is 8.42 Å². The van der Waals surface area contributed by atoms with E-state index in [-0.39, 0.29) is 0 Å². The number of hydrogen-bond donors (Lipinski definition) is 0. The lowest BCUT2D eigenvalue weighted by molar-refractivity contribution is 0.536. The molecule has 80 valence electrons. The zero-order valence-corrected chi connectivity index (χ0v) is 10.00. The Morgan fingerprint density at radius 3 is 2.23 bits per heavy atom. The molecule has 0 aromatic carbocycles. The van der Waals surface area contributed by atoms with Gasteiger partial charge in [-0.15, -0.1) is 11.6 Å². The molecule has 1 unspecified atom stereocenters. The molecule has 0 aliphatic rings. The van der Waals surface area contributed by atoms with Crippen LogP contribution in [0, 0.1) is 5.92 Å². The Hall–Kier alpha value is 0.240. The second kappa shape index (κ2) is 6.66. The van der Waals surface area contributed by atoms with Gasteiger partial charge in [-0.3, -0.25) is 0 Å². The van der Waals surface area contributed by atoms with Crippen LogP contribution in [0.5, 0.6) is 0 Å². The van der Waals surface area contributed by atoms with Crippen molar-refractivity contribution in [3.05, 3.63) is 0 Å². The molecular formula is C9H19ClO2S. The summed E-state index contributed by atoms with van der Waals surface area (Å²) in [6, 6.07) is 0. The van der Waals surface area contributed by atoms with Gasteiger partial charge in [-0.25, -0.2) is 8.42 Å². The highest BCUT2D eigenvalue weighted by Crippen LogP contribution is 2.12. The fourth-order valence-corrected chi connectivity index (χ4v) is 3.04. The molecule has 0 fully saturated rings. The Bertz CT molecular complexity index is 208. The van der Waals surface area contributed by atoms with Gasteiger partial charge in [0.15, 0.2) is 0 Å². The van der Waals surface area contributed by atoms with Crippen molar-refractivity contribution in [2.24, 2.45) is 5.92 Å². The average Bonchev–Trinajstić information content (AvgIpc) is 2.06. The molecule has 0 aliphatic heterocycles. The Balaban J connectivity index is 3.86. The number of sulfone groups is 1. The summed E-state index contributed by atoms with van der Waals surface area (Å²) in [5.41, 5.74) is 0. The van der Waals surface area contributed by atoms with Gasteiger partial charge in [0.05, 0.1) is 5.75 Å². The zero-order valence-electron chi connectivity index (χ0n) is 8.42. The van der Waals surface area contributed by atoms with Crippen molar-refractivity contribution in [2.45, 2.75) is 33.1 Å². The standard InChI is InChI=1S/C9H19ClO2S/c1-3-6-13(11,12)7-5-9(4-2)8-10/h9H,3-8H2,1-2H3. The van der Waals surface area contributed by atoms with Crippen LogP contribution in [0.25, 0.3) is 0 Å². The van der Waals surface area contributed by atoms with Crippen LogP contribution in [0.2, 0.25) is 0 Å². The van der Waals surface area contributed by atoms with Crippen LogP contribution < -0.4 is 0 Å². The first kappa shape index (κ1) is 13.2. The van der Waals surface area contributed by atoms with Crippen LogP contribution in [0.1, 0.15) is 33.1 Å². The van der Waals surface area contributed by atoms with Gasteiger partial charge in [-0.05, 0) is 18.8 Å². The van der Waals surface area contributed by atoms with Gasteiger partial charge >= 0.3 is 0 Å². The van der Waals surface area contributed by atoms with E-state index in [1.54, 1.807) is 0 Å². The SMILES string of the molecule is CCCS(=O)(=O)CCC(CC)CCl. The van der Waals surface area contributed by atoms with E-state index in [2.05, 4.69) is 0 Å². The third-order valence-corrected chi connectivity index (χ3v) is 4.47. The summed E-state index contributed by atoms with van der Waals surface area (Å²) in [4.78, 5) is 0. The summed E-state index contributed by atoms with van der Waals surface area (Å²) in [5, 5.41) is 0. The van der Waals surface area contributed by atoms with E-state index in [0.717, 1.165) is 6.42 Å². The van der Waals surface area contributed by atoms with Gasteiger partial charge in [0, 0.05) is 11.6 Å². The summed E-state index contributed by atoms with van der Waals surface area (Å²) >= 11 is 5.68. The van der Waals surface area contributed by atoms with Crippen LogP contribution in [0.15, 0.2) is 0 Å². The van der Waals surface area contributed by atoms with E-state index in [1.807, 2.05) is 13.8 Å². The van der Waals surface area contributed by atoms with E-state index in [0.29, 0.717) is 36.1 Å². The van der Waals surface area contributed by atoms with Gasteiger partial charge in [0.25, 0.3) is 0 Å². The minimum Gasteiger partial charge on any atom is -0.229 e. The van der Waals surface area contributed by atoms with E-state index < -0.39 is 9.84 Å². The minimum absolute atomic E-state index is 0.298. The van der Waals surface area contributed by atoms with Gasteiger partial charge in [-0.2, -0.15) is 0 Å². The number of alkyl halides is 1. The maximum atomic E-state index is 11.3. The molecule has 4 heteroatoms. The lowest BCUT2D eigenvalue weighted by Gasteiger charge is -2.10. The van der Waals surface area contributed by atoms with Crippen molar-refractivity contribution in [2.75, 3.05) is 17.4 Å². The number of hydrogen-bond acceptors (Lipinski definition) is 2. The second-order valence-electron chi connectivity index (χ2n) is 3.37. The Labute approximate surface area is 86.6 Å². The van der Waals surface area contributed by atoms with Crippen molar-refractivity contribution in [1.29, 1.82) is 0 Å². The average molecular weight is 227 g/mol. The van der Waals surface area contributed by atoms with Crippen LogP contribution in [-0.4, -0.2) is 25.8 Å². The second-order valence-corrected chi connectivity index (χ2v) is 5.98. The largest absolute Gasteiger partial charge is 0.229 e. The van der Waals surface area contributed by atoms with Gasteiger partial charge in [0.2, 0.25) is 0 Å². The fraction of sp³-hybridized carbons (Fsp3) is 1.00. The maximum Gasteiger partial charge on any atom is 0.150 e. The van der Waals surface area contributed by atoms with Gasteiger partial charge in [-0.1, -0.05) is 20.3 Å². The highest BCUT2D eigenvalue weighted by atomic mass is 35.5. The molecule has 0 aromatic rings. The van der Waals surface area contributed by atoms with Crippen molar-refractivity contribution in [3.8, 4) is 0 Å². The van der Waals surface area contributed by atoms with Crippen LogP contribution >= 0.6 is 11.6 Å². The molecule has 0 saturated heterocycles. The lowest BCUT2D eigenvalue weighted by Crippen LogP contribution is -2.14. The van der Waals surface area contributed by atoms with Crippen molar-refractivity contribution >= 4 is 21.4 Å². The monoisotopic (exact) mass is 226 g/mol. The smallest absolute Gasteiger partial charge is 0.150 e. The molecule has 1 atom stereocenters. The molecular weight excluding hydrogens is 208 g/mol. The highest BCUT2D eigenvalue weighted by molar-refractivity contribution is 7.91. The number of rotatable bonds is 7. The van der Waals surface area contributed by atoms with Crippen LogP contribution in [0.3, 0.4) is 0 Å². The molecule has 0 aliphatic carbocycles. The summed E-state index contributed by atoms with van der Waals surface area (Å²) in [6.45, 7) is 3.93. The first-order valence-corrected chi connectivity index (χ1v) is 7.17. The summed E-state index contributed by atoms with van der Waals surface area (Å²) in [6.07, 6.45) is 2.38. The Morgan fingerprint density at radius 2 is 1.85 bits per heavy atom. The predicted octanol–water partition coefficient (Wildman–Crippen LogP) is 2.47. The minimum atomic E-state index is -2.81. The maximum absolute atomic E-state index is 11.3. The van der Waals surface area contributed by atoms with E-state index in [9.17, 15) is 8.42 Å². The fourth-order valence-electron chi connectivity index (χ4n) is 1.15. The lowest BCUT2D eigenvalue weighted by atomic mass is 10.1. The molecule has 0 spiro atoms. The normalized spacial score (nSPS) is 14.4. The van der Waals surface area contributed by atoms with Crippen molar-refractivity contribution in [1.82, 2.24) is 0 Å². The highest BCUT2D eigenvalue weighted by Gasteiger charge is 2.12. The van der Waals surface area contributed by atoms with Crippen molar-refractivity contribution in [3.63, 3.8) is 0 Å². The first-order valence-electron chi connectivity index (χ1n) is 4.82. The topological polar surface area (TPSA) is 34.1 Å². The molecule has 2 nitrogen and oxygen atoms in total. The van der Waals surface area contributed by atoms with Gasteiger partial charge < -0.3 is 0 Å². The predicted molar refractivity (Wildman–Crippen MR) is 58.1 cm³/mol. The summed E-state index contributed by atoms with van der Waals surface area (Å²) in [7, 11) is -2.81. The molecule has 0 heterocycles. The third-order valence-electron chi connectivity index (χ3n) is 2.15. The van der Waals surface area contributed by atoms with E-state index >= 15 is 0 Å². The summed E-state index contributed by atoms with van der Waals surface area (Å²) in [5.74, 6) is 1.53. The first-order chi connectivity index (χ1) is 6.05. The van der Waals surface area contributed by atoms with Crippen LogP contribution in [0.4, 0.5) is 0 Å². The molecule has 0 amide bonds. The molecule has 0 bridgehead atoms. The van der Waals surface area contributed by atoms with Crippen LogP contribution in [-0.2, 0) is 9.84 Å². The quantitative estimate of drug-likeness (QED) is 0.625. The molecule has 0 N–H and O–H groups in total. The molecule has 0 aromatic heterocycles. The molecule has 0 rings (SSSR count). The molecule has 0 radical (unpaired) electrons. The zero-order chi connectivity index (χ0) is 10.3. The number of halogens is 1. The third kappa shape index (κ3) is 6.33. The molecule has 13 heavy (non-hydrogen) atoms. The van der Waals surface area contributed by atoms with E-state index in [1.165, 1.54) is 0 Å². The van der Waals surface area contributed by atoms with E-state index in [4.69, 9.17) is 11.6 Å². The summed E-state index contributed by atoms with van der Waals surface area (Å²) < 4.78 is 22.6. The molecule has 0 saturated carbocycles. The Morgan fingerprint density at radius 1 is 1.23 bits per heavy atom. The van der Waals surface area contributed by atoms with Gasteiger partial charge in [0.1, 0.15) is 9.84 Å². The Kier molecular flexibility index (Phi) is 6.78.